The summed E-state index contributed by atoms with van der Waals surface area (Å²) in [4.78, 5) is 19.7. The minimum absolute atomic E-state index is 0.0338. The second-order valence-electron chi connectivity index (χ2n) is 18.4. The maximum Gasteiger partial charge on any atom is 0.178 e. The molecule has 2 aromatic carbocycles. The van der Waals surface area contributed by atoms with Crippen molar-refractivity contribution in [2.24, 2.45) is 0 Å². The largest absolute Gasteiger partial charge is 0.298 e. The maximum absolute atomic E-state index is 4.96. The van der Waals surface area contributed by atoms with Gasteiger partial charge in [-0.3, -0.25) is 8.80 Å². The minimum atomic E-state index is 0.0338. The number of hydrogen-bond donors (Lipinski definition) is 0. The molecule has 0 spiro atoms. The molecule has 4 aliphatic carbocycles. The summed E-state index contributed by atoms with van der Waals surface area (Å²) < 4.78 is 4.38. The highest BCUT2D eigenvalue weighted by molar-refractivity contribution is 6.00. The minimum Gasteiger partial charge on any atom is -0.298 e. The molecule has 0 radical (unpaired) electrons. The average molecular weight is 683 g/mol. The van der Waals surface area contributed by atoms with Crippen molar-refractivity contribution in [3.63, 3.8) is 0 Å². The van der Waals surface area contributed by atoms with E-state index in [1.54, 1.807) is 22.3 Å². The van der Waals surface area contributed by atoms with Gasteiger partial charge in [0.1, 0.15) is 16.8 Å². The van der Waals surface area contributed by atoms with Gasteiger partial charge in [0.05, 0.1) is 5.52 Å². The molecule has 0 amide bonds. The topological polar surface area (TPSA) is 60.4 Å². The summed E-state index contributed by atoms with van der Waals surface area (Å²) in [6, 6.07) is 22.8. The van der Waals surface area contributed by atoms with Gasteiger partial charge in [-0.25, -0.2) is 19.9 Å². The van der Waals surface area contributed by atoms with Crippen molar-refractivity contribution >= 4 is 55.2 Å². The Hall–Kier alpha value is -4.84. The molecular weight excluding hydrogens is 637 g/mol. The third-order valence-electron chi connectivity index (χ3n) is 13.1. The molecule has 6 nitrogen and oxygen atoms in total. The van der Waals surface area contributed by atoms with Crippen LogP contribution in [0.3, 0.4) is 0 Å². The molecule has 0 saturated heterocycles. The predicted octanol–water partition coefficient (Wildman–Crippen LogP) is 11.4. The molecule has 6 heteroatoms. The third-order valence-corrected chi connectivity index (χ3v) is 13.1. The normalized spacial score (nSPS) is 22.0. The summed E-state index contributed by atoms with van der Waals surface area (Å²) in [5.41, 5.74) is 14.6. The second kappa shape index (κ2) is 10.4. The fraction of sp³-hybridized carbons (Fsp3) is 0.391. The molecule has 8 aromatic rings. The Balaban J connectivity index is 0.000000123. The van der Waals surface area contributed by atoms with E-state index in [1.807, 2.05) is 0 Å². The number of aromatic nitrogens is 6. The molecule has 6 heterocycles. The first-order chi connectivity index (χ1) is 25.0. The molecule has 4 bridgehead atoms. The first-order valence-electron chi connectivity index (χ1n) is 19.5. The molecule has 4 unspecified atom stereocenters. The molecule has 52 heavy (non-hydrogen) atoms. The van der Waals surface area contributed by atoms with Gasteiger partial charge in [-0.2, -0.15) is 0 Å². The van der Waals surface area contributed by atoms with Gasteiger partial charge in [-0.05, 0) is 144 Å². The molecule has 4 atom stereocenters. The van der Waals surface area contributed by atoms with Crippen LogP contribution in [0.5, 0.6) is 0 Å². The number of hydrogen-bond acceptors (Lipinski definition) is 4. The van der Waals surface area contributed by atoms with Crippen LogP contribution in [0, 0.1) is 0 Å². The first-order valence-corrected chi connectivity index (χ1v) is 19.5. The summed E-state index contributed by atoms with van der Waals surface area (Å²) >= 11 is 0. The molecule has 2 fully saturated rings. The summed E-state index contributed by atoms with van der Waals surface area (Å²) in [5, 5.41) is 5.17. The zero-order chi connectivity index (χ0) is 35.3. The molecule has 6 aromatic heterocycles. The van der Waals surface area contributed by atoms with Gasteiger partial charge in [-0.15, -0.1) is 0 Å². The Bertz CT molecular complexity index is 2730. The van der Waals surface area contributed by atoms with Crippen molar-refractivity contribution in [3.05, 3.63) is 107 Å². The smallest absolute Gasteiger partial charge is 0.178 e. The van der Waals surface area contributed by atoms with Crippen LogP contribution in [0.15, 0.2) is 73.1 Å². The SMILES string of the molecule is CC(C)(C)c1ccc2c(n1)nc1c3cc4c(cc3ccn21)C1CCC4C1.CC(C)(C)c1ccc2nc3c4cc5c(cc4ccn3c2n1)C1CCC5C1. The molecule has 0 N–H and O–H groups in total. The summed E-state index contributed by atoms with van der Waals surface area (Å²) in [6.07, 6.45) is 12.5. The van der Waals surface area contributed by atoms with Crippen LogP contribution < -0.4 is 0 Å². The van der Waals surface area contributed by atoms with E-state index in [4.69, 9.17) is 19.9 Å². The Morgan fingerprint density at radius 2 is 1.00 bits per heavy atom. The fourth-order valence-electron chi connectivity index (χ4n) is 10.2. The Kier molecular flexibility index (Phi) is 6.15. The lowest BCUT2D eigenvalue weighted by Gasteiger charge is -2.17. The first kappa shape index (κ1) is 30.8. The highest BCUT2D eigenvalue weighted by Gasteiger charge is 2.38. The number of pyridine rings is 4. The Labute approximate surface area is 304 Å². The van der Waals surface area contributed by atoms with Crippen LogP contribution in [0.2, 0.25) is 0 Å². The number of fused-ring (bicyclic) bond motifs is 20. The van der Waals surface area contributed by atoms with E-state index in [0.29, 0.717) is 0 Å². The lowest BCUT2D eigenvalue weighted by molar-refractivity contribution is 0.571. The lowest BCUT2D eigenvalue weighted by Crippen LogP contribution is -2.13. The van der Waals surface area contributed by atoms with Gasteiger partial charge in [0.25, 0.3) is 0 Å². The summed E-state index contributed by atoms with van der Waals surface area (Å²) in [5.74, 6) is 3.14. The number of imidazole rings is 2. The van der Waals surface area contributed by atoms with Crippen molar-refractivity contribution in [3.8, 4) is 0 Å². The van der Waals surface area contributed by atoms with Gasteiger partial charge >= 0.3 is 0 Å². The van der Waals surface area contributed by atoms with E-state index in [2.05, 4.69) is 123 Å². The monoisotopic (exact) mass is 682 g/mol. The predicted molar refractivity (Wildman–Crippen MR) is 212 cm³/mol. The molecule has 2 saturated carbocycles. The highest BCUT2D eigenvalue weighted by Crippen LogP contribution is 2.55. The van der Waals surface area contributed by atoms with Crippen LogP contribution in [0.4, 0.5) is 0 Å². The van der Waals surface area contributed by atoms with Crippen molar-refractivity contribution in [2.75, 3.05) is 0 Å². The van der Waals surface area contributed by atoms with E-state index in [-0.39, 0.29) is 10.8 Å². The van der Waals surface area contributed by atoms with Crippen LogP contribution in [0.25, 0.3) is 55.2 Å². The van der Waals surface area contributed by atoms with Crippen molar-refractivity contribution < 1.29 is 0 Å². The van der Waals surface area contributed by atoms with Crippen molar-refractivity contribution in [1.82, 2.24) is 28.7 Å². The van der Waals surface area contributed by atoms with E-state index in [9.17, 15) is 0 Å². The molecule has 0 aliphatic heterocycles. The third kappa shape index (κ3) is 4.42. The van der Waals surface area contributed by atoms with Gasteiger partial charge in [0.2, 0.25) is 0 Å². The second-order valence-corrected chi connectivity index (χ2v) is 18.4. The highest BCUT2D eigenvalue weighted by atomic mass is 15.1. The number of nitrogens with zero attached hydrogens (tertiary/aromatic N) is 6. The van der Waals surface area contributed by atoms with Crippen molar-refractivity contribution in [2.45, 2.75) is 115 Å². The zero-order valence-electron chi connectivity index (χ0n) is 31.2. The van der Waals surface area contributed by atoms with E-state index in [0.717, 1.165) is 68.7 Å². The standard InChI is InChI=1S/2C23H23N3/c1-23(2,3)20-7-6-19-21(24-20)25-22-18-12-17-14-5-4-13(10-14)16(17)11-15(18)8-9-26(19)22;1-23(2,3)20-7-6-19-22(25-20)26-9-8-15-11-16-13-4-5-14(10-13)17(16)12-18(15)21(26)24-19/h2*6-9,11-14H,4-5,10H2,1-3H3. The molecule has 260 valence electrons. The lowest BCUT2D eigenvalue weighted by atomic mass is 9.90. The number of rotatable bonds is 0. The fourth-order valence-corrected chi connectivity index (χ4v) is 10.2. The Morgan fingerprint density at radius 3 is 1.58 bits per heavy atom. The molecular formula is C46H46N6. The Morgan fingerprint density at radius 1 is 0.500 bits per heavy atom. The van der Waals surface area contributed by atoms with Gasteiger partial charge < -0.3 is 0 Å². The van der Waals surface area contributed by atoms with Crippen LogP contribution >= 0.6 is 0 Å². The van der Waals surface area contributed by atoms with Gasteiger partial charge in [-0.1, -0.05) is 53.7 Å². The zero-order valence-corrected chi connectivity index (χ0v) is 31.2. The van der Waals surface area contributed by atoms with Crippen LogP contribution in [-0.2, 0) is 10.8 Å². The van der Waals surface area contributed by atoms with E-state index >= 15 is 0 Å². The maximum atomic E-state index is 4.96. The number of benzene rings is 2. The van der Waals surface area contributed by atoms with Crippen LogP contribution in [-0.4, -0.2) is 28.7 Å². The molecule has 4 aliphatic rings. The van der Waals surface area contributed by atoms with Crippen LogP contribution in [0.1, 0.15) is 137 Å². The average Bonchev–Trinajstić information content (AvgIpc) is 3.98. The summed E-state index contributed by atoms with van der Waals surface area (Å²) in [6.45, 7) is 13.2. The summed E-state index contributed by atoms with van der Waals surface area (Å²) in [7, 11) is 0. The van der Waals surface area contributed by atoms with Gasteiger partial charge in [0.15, 0.2) is 11.3 Å². The van der Waals surface area contributed by atoms with Gasteiger partial charge in [0, 0.05) is 45.4 Å². The van der Waals surface area contributed by atoms with Crippen molar-refractivity contribution in [1.29, 1.82) is 0 Å². The molecule has 12 rings (SSSR count). The van der Waals surface area contributed by atoms with E-state index in [1.165, 1.54) is 60.1 Å². The van der Waals surface area contributed by atoms with E-state index < -0.39 is 0 Å². The quantitative estimate of drug-likeness (QED) is 0.160.